The molecule has 0 spiro atoms. The Bertz CT molecular complexity index is 985. The van der Waals surface area contributed by atoms with Gasteiger partial charge < -0.3 is 27.9 Å². The maximum atomic E-state index is 12.6. The fraction of sp³-hybridized carbons (Fsp3) is 0.915. The van der Waals surface area contributed by atoms with Crippen LogP contribution in [0.15, 0.2) is 12.2 Å². The van der Waals surface area contributed by atoms with E-state index < -0.39 is 32.5 Å². The Hall–Kier alpha value is -1.25. The molecule has 57 heavy (non-hydrogen) atoms. The lowest BCUT2D eigenvalue weighted by Crippen LogP contribution is -2.37. The minimum atomic E-state index is -4.62. The molecular weight excluding hydrogens is 737 g/mol. The molecule has 1 unspecified atom stereocenters. The SMILES string of the molecule is CCCCCCCCCCCCCCCCCCCC/C=C/CCCC(=O)OC[C@@H](COP(=O)([O-])OCC[N+](C)(C)C)OC(=O)CCCCCCCCCCCC. The molecule has 0 aliphatic heterocycles. The van der Waals surface area contributed by atoms with Crippen molar-refractivity contribution in [2.45, 2.75) is 232 Å². The predicted octanol–water partition coefficient (Wildman–Crippen LogP) is 13.1. The van der Waals surface area contributed by atoms with Gasteiger partial charge in [0, 0.05) is 12.8 Å². The minimum Gasteiger partial charge on any atom is -0.756 e. The number of unbranched alkanes of at least 4 members (excludes halogenated alkanes) is 28. The zero-order chi connectivity index (χ0) is 42.1. The lowest BCUT2D eigenvalue weighted by atomic mass is 10.0. The first-order valence-electron chi connectivity index (χ1n) is 23.9. The summed E-state index contributed by atoms with van der Waals surface area (Å²) in [5, 5.41) is 0. The monoisotopic (exact) mass is 830 g/mol. The van der Waals surface area contributed by atoms with Crippen LogP contribution in [0.4, 0.5) is 0 Å². The molecule has 2 atom stereocenters. The maximum absolute atomic E-state index is 12.6. The standard InChI is InChI=1S/C47H92NO8P/c1-6-8-10-12-14-16-18-19-20-21-22-23-24-25-26-27-28-29-30-32-33-35-37-39-46(49)53-43-45(44-55-57(51,52)54-42-41-48(3,4)5)56-47(50)40-38-36-34-31-17-15-13-11-9-7-2/h32-33,45H,6-31,34-44H2,1-5H3/b33-32+/t45-/m0/s1. The third kappa shape index (κ3) is 44.1. The molecule has 9 nitrogen and oxygen atoms in total. The van der Waals surface area contributed by atoms with E-state index in [-0.39, 0.29) is 26.1 Å². The van der Waals surface area contributed by atoms with Crippen molar-refractivity contribution in [3.8, 4) is 0 Å². The molecule has 338 valence electrons. The molecule has 0 aliphatic rings. The second-order valence-corrected chi connectivity index (χ2v) is 18.9. The van der Waals surface area contributed by atoms with Crippen LogP contribution >= 0.6 is 7.82 Å². The van der Waals surface area contributed by atoms with Crippen LogP contribution in [0, 0.1) is 0 Å². The van der Waals surface area contributed by atoms with E-state index in [2.05, 4.69) is 26.0 Å². The van der Waals surface area contributed by atoms with Crippen molar-refractivity contribution in [2.75, 3.05) is 47.5 Å². The first kappa shape index (κ1) is 55.8. The molecule has 0 aromatic heterocycles. The lowest BCUT2D eigenvalue weighted by molar-refractivity contribution is -0.870. The van der Waals surface area contributed by atoms with Crippen LogP contribution in [0.1, 0.15) is 226 Å². The van der Waals surface area contributed by atoms with Crippen molar-refractivity contribution in [1.29, 1.82) is 0 Å². The number of phosphoric ester groups is 1. The number of phosphoric acid groups is 1. The average molecular weight is 830 g/mol. The summed E-state index contributed by atoms with van der Waals surface area (Å²) in [6.07, 6.45) is 42.7. The number of esters is 2. The van der Waals surface area contributed by atoms with Gasteiger partial charge in [-0.15, -0.1) is 0 Å². The molecule has 0 aliphatic carbocycles. The van der Waals surface area contributed by atoms with Gasteiger partial charge >= 0.3 is 11.9 Å². The Labute approximate surface area is 352 Å². The Balaban J connectivity index is 4.17. The Morgan fingerprint density at radius 3 is 1.35 bits per heavy atom. The summed E-state index contributed by atoms with van der Waals surface area (Å²) in [7, 11) is 1.16. The topological polar surface area (TPSA) is 111 Å². The first-order chi connectivity index (χ1) is 27.5. The molecule has 0 bridgehead atoms. The molecule has 0 heterocycles. The van der Waals surface area contributed by atoms with Crippen LogP contribution in [0.2, 0.25) is 0 Å². The zero-order valence-corrected chi connectivity index (χ0v) is 38.9. The Morgan fingerprint density at radius 1 is 0.526 bits per heavy atom. The van der Waals surface area contributed by atoms with E-state index in [1.807, 2.05) is 21.1 Å². The molecular formula is C47H92NO8P. The largest absolute Gasteiger partial charge is 0.756 e. The molecule has 0 aromatic carbocycles. The van der Waals surface area contributed by atoms with Crippen molar-refractivity contribution >= 4 is 19.8 Å². The second kappa shape index (κ2) is 40.2. The number of carbonyl (C=O) groups is 2. The fourth-order valence-corrected chi connectivity index (χ4v) is 7.51. The van der Waals surface area contributed by atoms with Crippen molar-refractivity contribution < 1.29 is 42.1 Å². The summed E-state index contributed by atoms with van der Waals surface area (Å²) in [6.45, 7) is 4.21. The molecule has 0 N–H and O–H groups in total. The predicted molar refractivity (Wildman–Crippen MR) is 236 cm³/mol. The van der Waals surface area contributed by atoms with Crippen molar-refractivity contribution in [2.24, 2.45) is 0 Å². The van der Waals surface area contributed by atoms with E-state index in [1.54, 1.807) is 0 Å². The van der Waals surface area contributed by atoms with E-state index in [0.717, 1.165) is 32.1 Å². The number of quaternary nitrogens is 1. The molecule has 0 aromatic rings. The number of hydrogen-bond donors (Lipinski definition) is 0. The summed E-state index contributed by atoms with van der Waals surface area (Å²) in [5.41, 5.74) is 0. The Kier molecular flexibility index (Phi) is 39.3. The molecule has 0 saturated heterocycles. The van der Waals surface area contributed by atoms with Crippen molar-refractivity contribution in [3.63, 3.8) is 0 Å². The third-order valence-corrected chi connectivity index (χ3v) is 11.5. The number of hydrogen-bond acceptors (Lipinski definition) is 8. The summed E-state index contributed by atoms with van der Waals surface area (Å²) in [5.74, 6) is -0.863. The number of rotatable bonds is 44. The quantitative estimate of drug-likeness (QED) is 0.0196. The third-order valence-electron chi connectivity index (χ3n) is 10.5. The smallest absolute Gasteiger partial charge is 0.306 e. The molecule has 0 radical (unpaired) electrons. The van der Waals surface area contributed by atoms with Crippen molar-refractivity contribution in [3.05, 3.63) is 12.2 Å². The van der Waals surface area contributed by atoms with Crippen LogP contribution in [0.3, 0.4) is 0 Å². The van der Waals surface area contributed by atoms with Gasteiger partial charge in [-0.3, -0.25) is 14.2 Å². The number of carbonyl (C=O) groups excluding carboxylic acids is 2. The number of ether oxygens (including phenoxy) is 2. The van der Waals surface area contributed by atoms with E-state index >= 15 is 0 Å². The average Bonchev–Trinajstić information content (AvgIpc) is 3.16. The molecule has 0 fully saturated rings. The first-order valence-corrected chi connectivity index (χ1v) is 25.4. The summed E-state index contributed by atoms with van der Waals surface area (Å²) < 4.78 is 33.8. The van der Waals surface area contributed by atoms with Crippen LogP contribution in [0.5, 0.6) is 0 Å². The van der Waals surface area contributed by atoms with Gasteiger partial charge in [0.1, 0.15) is 19.8 Å². The highest BCUT2D eigenvalue weighted by atomic mass is 31.2. The second-order valence-electron chi connectivity index (χ2n) is 17.5. The summed E-state index contributed by atoms with van der Waals surface area (Å²) in [6, 6.07) is 0. The van der Waals surface area contributed by atoms with E-state index in [0.29, 0.717) is 23.9 Å². The maximum Gasteiger partial charge on any atom is 0.306 e. The molecule has 10 heteroatoms. The van der Waals surface area contributed by atoms with Gasteiger partial charge in [-0.1, -0.05) is 193 Å². The summed E-state index contributed by atoms with van der Waals surface area (Å²) in [4.78, 5) is 37.5. The van der Waals surface area contributed by atoms with Gasteiger partial charge in [0.05, 0.1) is 27.7 Å². The van der Waals surface area contributed by atoms with Gasteiger partial charge in [-0.05, 0) is 32.1 Å². The normalized spacial score (nSPS) is 13.6. The van der Waals surface area contributed by atoms with E-state index in [1.165, 1.54) is 154 Å². The van der Waals surface area contributed by atoms with Crippen LogP contribution in [0.25, 0.3) is 0 Å². The molecule has 0 amide bonds. The summed E-state index contributed by atoms with van der Waals surface area (Å²) >= 11 is 0. The number of likely N-dealkylation sites (N-methyl/N-ethyl adjacent to an activating group) is 1. The van der Waals surface area contributed by atoms with E-state index in [9.17, 15) is 19.0 Å². The van der Waals surface area contributed by atoms with Gasteiger partial charge in [0.15, 0.2) is 6.10 Å². The van der Waals surface area contributed by atoms with Gasteiger partial charge in [0.25, 0.3) is 7.82 Å². The lowest BCUT2D eigenvalue weighted by Gasteiger charge is -2.28. The highest BCUT2D eigenvalue weighted by Gasteiger charge is 2.21. The van der Waals surface area contributed by atoms with Crippen LogP contribution in [-0.2, 0) is 32.7 Å². The zero-order valence-electron chi connectivity index (χ0n) is 38.1. The van der Waals surface area contributed by atoms with Gasteiger partial charge in [-0.25, -0.2) is 0 Å². The van der Waals surface area contributed by atoms with Crippen LogP contribution in [-0.4, -0.2) is 70.0 Å². The molecule has 0 rings (SSSR count). The van der Waals surface area contributed by atoms with Crippen LogP contribution < -0.4 is 4.89 Å². The van der Waals surface area contributed by atoms with E-state index in [4.69, 9.17) is 18.5 Å². The highest BCUT2D eigenvalue weighted by Crippen LogP contribution is 2.38. The highest BCUT2D eigenvalue weighted by molar-refractivity contribution is 7.45. The van der Waals surface area contributed by atoms with Gasteiger partial charge in [0.2, 0.25) is 0 Å². The molecule has 0 saturated carbocycles. The minimum absolute atomic E-state index is 0.0313. The fourth-order valence-electron chi connectivity index (χ4n) is 6.78. The van der Waals surface area contributed by atoms with Gasteiger partial charge in [-0.2, -0.15) is 0 Å². The number of allylic oxidation sites excluding steroid dienone is 2. The van der Waals surface area contributed by atoms with Crippen molar-refractivity contribution in [1.82, 2.24) is 0 Å². The Morgan fingerprint density at radius 2 is 0.912 bits per heavy atom. The number of nitrogens with zero attached hydrogens (tertiary/aromatic N) is 1.